The van der Waals surface area contributed by atoms with Gasteiger partial charge in [-0.25, -0.2) is 0 Å². The third kappa shape index (κ3) is 4.32. The van der Waals surface area contributed by atoms with Gasteiger partial charge in [-0.15, -0.1) is 0 Å². The van der Waals surface area contributed by atoms with Crippen molar-refractivity contribution in [3.05, 3.63) is 52.7 Å². The largest absolute Gasteiger partial charge is 0.494 e. The number of nitrogens with one attached hydrogen (secondary N) is 1. The molecule has 0 amide bonds. The van der Waals surface area contributed by atoms with E-state index in [1.54, 1.807) is 24.3 Å². The van der Waals surface area contributed by atoms with Gasteiger partial charge in [0.05, 0.1) is 12.1 Å². The highest BCUT2D eigenvalue weighted by Crippen LogP contribution is 2.23. The van der Waals surface area contributed by atoms with Crippen molar-refractivity contribution in [2.75, 3.05) is 6.61 Å². The maximum Gasteiger partial charge on any atom is 0.389 e. The molecular weight excluding hydrogens is 331 g/mol. The number of unbranched alkanes of at least 4 members (excludes halogenated alkanes) is 2. The van der Waals surface area contributed by atoms with Gasteiger partial charge in [0.1, 0.15) is 5.75 Å². The van der Waals surface area contributed by atoms with Crippen LogP contribution in [0.3, 0.4) is 0 Å². The molecule has 0 aliphatic rings. The first kappa shape index (κ1) is 17.3. The second-order valence-electron chi connectivity index (χ2n) is 5.98. The van der Waals surface area contributed by atoms with E-state index < -0.39 is 12.6 Å². The first-order valence-electron chi connectivity index (χ1n) is 8.18. The van der Waals surface area contributed by atoms with Crippen LogP contribution >= 0.6 is 0 Å². The van der Waals surface area contributed by atoms with Gasteiger partial charge in [-0.3, -0.25) is 4.79 Å². The molecule has 0 atom stereocenters. The van der Waals surface area contributed by atoms with E-state index in [0.717, 1.165) is 5.52 Å². The third-order valence-corrected chi connectivity index (χ3v) is 4.05. The minimum absolute atomic E-state index is 0.0388. The molecule has 25 heavy (non-hydrogen) atoms. The van der Waals surface area contributed by atoms with Crippen molar-refractivity contribution in [2.45, 2.75) is 31.9 Å². The summed E-state index contributed by atoms with van der Waals surface area (Å²) in [5, 5.41) is 1.21. The molecule has 0 spiro atoms. The Bertz CT molecular complexity index is 931. The molecule has 132 valence electrons. The molecule has 3 rings (SSSR count). The van der Waals surface area contributed by atoms with E-state index in [0.29, 0.717) is 41.5 Å². The van der Waals surface area contributed by atoms with Gasteiger partial charge in [0.2, 0.25) is 0 Å². The average Bonchev–Trinajstić information content (AvgIpc) is 2.57. The van der Waals surface area contributed by atoms with Crippen molar-refractivity contribution in [1.29, 1.82) is 0 Å². The summed E-state index contributed by atoms with van der Waals surface area (Å²) in [7, 11) is 0. The summed E-state index contributed by atoms with van der Waals surface area (Å²) < 4.78 is 41.8. The Labute approximate surface area is 142 Å². The van der Waals surface area contributed by atoms with Gasteiger partial charge in [0, 0.05) is 28.8 Å². The molecule has 0 unspecified atom stereocenters. The Morgan fingerprint density at radius 1 is 0.920 bits per heavy atom. The van der Waals surface area contributed by atoms with Crippen molar-refractivity contribution >= 4 is 21.8 Å². The van der Waals surface area contributed by atoms with Crippen LogP contribution in [0.4, 0.5) is 13.2 Å². The molecule has 1 aromatic heterocycles. The third-order valence-electron chi connectivity index (χ3n) is 4.05. The number of pyridine rings is 1. The molecule has 3 nitrogen and oxygen atoms in total. The van der Waals surface area contributed by atoms with Crippen LogP contribution in [0.5, 0.6) is 5.75 Å². The quantitative estimate of drug-likeness (QED) is 0.492. The lowest BCUT2D eigenvalue weighted by molar-refractivity contribution is -0.135. The minimum atomic E-state index is -4.09. The lowest BCUT2D eigenvalue weighted by atomic mass is 10.1. The number of aromatic amines is 1. The summed E-state index contributed by atoms with van der Waals surface area (Å²) in [6.45, 7) is 0.348. The normalized spacial score (nSPS) is 12.0. The van der Waals surface area contributed by atoms with E-state index in [1.165, 1.54) is 0 Å². The molecule has 0 aliphatic carbocycles. The maximum absolute atomic E-state index is 12.5. The summed E-state index contributed by atoms with van der Waals surface area (Å²) >= 11 is 0. The van der Waals surface area contributed by atoms with Crippen LogP contribution in [0.2, 0.25) is 0 Å². The van der Waals surface area contributed by atoms with Gasteiger partial charge in [0.15, 0.2) is 5.43 Å². The fourth-order valence-electron chi connectivity index (χ4n) is 2.79. The van der Waals surface area contributed by atoms with E-state index in [9.17, 15) is 18.0 Å². The second kappa shape index (κ2) is 7.17. The van der Waals surface area contributed by atoms with Crippen LogP contribution in [-0.4, -0.2) is 17.8 Å². The predicted molar refractivity (Wildman–Crippen MR) is 92.1 cm³/mol. The highest BCUT2D eigenvalue weighted by Gasteiger charge is 2.25. The number of aromatic nitrogens is 1. The summed E-state index contributed by atoms with van der Waals surface area (Å²) in [6, 6.07) is 12.5. The van der Waals surface area contributed by atoms with Crippen LogP contribution in [0, 0.1) is 0 Å². The second-order valence-corrected chi connectivity index (χ2v) is 5.98. The van der Waals surface area contributed by atoms with Crippen molar-refractivity contribution in [3.63, 3.8) is 0 Å². The zero-order valence-electron chi connectivity index (χ0n) is 13.5. The van der Waals surface area contributed by atoms with Crippen molar-refractivity contribution < 1.29 is 17.9 Å². The van der Waals surface area contributed by atoms with Crippen molar-refractivity contribution in [3.8, 4) is 5.75 Å². The van der Waals surface area contributed by atoms with E-state index in [1.807, 2.05) is 18.2 Å². The first-order valence-corrected chi connectivity index (χ1v) is 8.18. The van der Waals surface area contributed by atoms with E-state index >= 15 is 0 Å². The molecule has 2 aromatic carbocycles. The van der Waals surface area contributed by atoms with E-state index in [4.69, 9.17) is 4.74 Å². The summed E-state index contributed by atoms with van der Waals surface area (Å²) in [5.41, 5.74) is 1.39. The number of benzene rings is 2. The van der Waals surface area contributed by atoms with E-state index in [-0.39, 0.29) is 11.8 Å². The molecule has 0 bridgehead atoms. The first-order chi connectivity index (χ1) is 11.9. The fraction of sp³-hybridized carbons (Fsp3) is 0.316. The standard InChI is InChI=1S/C19H18F3NO2/c20-19(21,22)10-4-1-5-11-25-13-8-9-15-17(12-13)23-16-7-3-2-6-14(16)18(15)24/h2-3,6-9,12H,1,4-5,10-11H2,(H,23,24). The van der Waals surface area contributed by atoms with Gasteiger partial charge in [-0.1, -0.05) is 12.1 Å². The maximum atomic E-state index is 12.5. The number of fused-ring (bicyclic) bond motifs is 2. The Morgan fingerprint density at radius 3 is 2.48 bits per heavy atom. The minimum Gasteiger partial charge on any atom is -0.494 e. The molecule has 0 saturated heterocycles. The lowest BCUT2D eigenvalue weighted by Gasteiger charge is -2.09. The number of hydrogen-bond acceptors (Lipinski definition) is 2. The van der Waals surface area contributed by atoms with Crippen LogP contribution in [-0.2, 0) is 0 Å². The van der Waals surface area contributed by atoms with Crippen molar-refractivity contribution in [2.24, 2.45) is 0 Å². The molecule has 1 heterocycles. The highest BCUT2D eigenvalue weighted by molar-refractivity contribution is 5.92. The van der Waals surface area contributed by atoms with E-state index in [2.05, 4.69) is 4.98 Å². The van der Waals surface area contributed by atoms with Gasteiger partial charge in [-0.2, -0.15) is 13.2 Å². The molecule has 0 radical (unpaired) electrons. The smallest absolute Gasteiger partial charge is 0.389 e. The Hall–Kier alpha value is -2.50. The van der Waals surface area contributed by atoms with Gasteiger partial charge in [0.25, 0.3) is 0 Å². The molecule has 6 heteroatoms. The topological polar surface area (TPSA) is 42.1 Å². The summed E-state index contributed by atoms with van der Waals surface area (Å²) in [5.74, 6) is 0.592. The monoisotopic (exact) mass is 349 g/mol. The zero-order valence-corrected chi connectivity index (χ0v) is 13.5. The summed E-state index contributed by atoms with van der Waals surface area (Å²) in [6.07, 6.45) is -3.70. The summed E-state index contributed by atoms with van der Waals surface area (Å²) in [4.78, 5) is 15.7. The lowest BCUT2D eigenvalue weighted by Crippen LogP contribution is -2.07. The Kier molecular flexibility index (Phi) is 4.97. The van der Waals surface area contributed by atoms with Crippen LogP contribution in [0.25, 0.3) is 21.8 Å². The Balaban J connectivity index is 1.65. The van der Waals surface area contributed by atoms with Crippen LogP contribution in [0.1, 0.15) is 25.7 Å². The molecule has 0 saturated carbocycles. The highest BCUT2D eigenvalue weighted by atomic mass is 19.4. The predicted octanol–water partition coefficient (Wildman–Crippen LogP) is 5.18. The van der Waals surface area contributed by atoms with Crippen LogP contribution in [0.15, 0.2) is 47.3 Å². The number of alkyl halides is 3. The number of H-pyrrole nitrogens is 1. The number of rotatable bonds is 6. The molecule has 3 aromatic rings. The SMILES string of the molecule is O=c1c2ccccc2[nH]c2cc(OCCCCCC(F)(F)F)ccc12. The molecule has 1 N–H and O–H groups in total. The van der Waals surface area contributed by atoms with Crippen LogP contribution < -0.4 is 10.2 Å². The number of para-hydroxylation sites is 1. The van der Waals surface area contributed by atoms with Crippen molar-refractivity contribution in [1.82, 2.24) is 4.98 Å². The molecule has 0 fully saturated rings. The van der Waals surface area contributed by atoms with Gasteiger partial charge < -0.3 is 9.72 Å². The molecular formula is C19H18F3NO2. The zero-order chi connectivity index (χ0) is 17.9. The van der Waals surface area contributed by atoms with Gasteiger partial charge in [-0.05, 0) is 43.5 Å². The number of hydrogen-bond donors (Lipinski definition) is 1. The Morgan fingerprint density at radius 2 is 1.68 bits per heavy atom. The van der Waals surface area contributed by atoms with Gasteiger partial charge >= 0.3 is 6.18 Å². The number of halogens is 3. The average molecular weight is 349 g/mol. The fourth-order valence-corrected chi connectivity index (χ4v) is 2.79. The number of ether oxygens (including phenoxy) is 1. The molecule has 0 aliphatic heterocycles.